The molecule has 1 N–H and O–H groups in total. The third-order valence-corrected chi connectivity index (χ3v) is 3.75. The number of pyridine rings is 1. The fourth-order valence-corrected chi connectivity index (χ4v) is 2.09. The highest BCUT2D eigenvalue weighted by atomic mass is 79.9. The van der Waals surface area contributed by atoms with Crippen molar-refractivity contribution in [2.45, 2.75) is 26.2 Å². The van der Waals surface area contributed by atoms with Gasteiger partial charge in [0.2, 0.25) is 5.91 Å². The minimum absolute atomic E-state index is 0.0728. The summed E-state index contributed by atoms with van der Waals surface area (Å²) in [6.45, 7) is 1.91. The maximum atomic E-state index is 12.0. The number of nitrogens with zero attached hydrogens (tertiary/aromatic N) is 1. The molecule has 3 nitrogen and oxygen atoms in total. The normalized spacial score (nSPS) is 19.1. The third kappa shape index (κ3) is 3.16. The van der Waals surface area contributed by atoms with Crippen molar-refractivity contribution in [3.8, 4) is 0 Å². The second-order valence-corrected chi connectivity index (χ2v) is 5.09. The lowest BCUT2D eigenvalue weighted by Gasteiger charge is -2.17. The number of amides is 1. The molecule has 0 spiro atoms. The van der Waals surface area contributed by atoms with Crippen LogP contribution in [0.5, 0.6) is 0 Å². The molecule has 1 aliphatic carbocycles. The van der Waals surface area contributed by atoms with E-state index in [1.54, 1.807) is 0 Å². The Morgan fingerprint density at radius 2 is 2.29 bits per heavy atom. The van der Waals surface area contributed by atoms with Crippen LogP contribution in [0, 0.1) is 12.8 Å². The molecule has 4 heteroatoms. The molecule has 1 aliphatic rings. The van der Waals surface area contributed by atoms with Gasteiger partial charge in [-0.2, -0.15) is 0 Å². The molecule has 0 aliphatic heterocycles. The standard InChI is InChI=1S/C13H15BrN2O/c1-9-11(14)7-8-12(15-9)16-13(17)10-5-3-2-4-6-10/h2-3,7-8,10H,4-6H2,1H3,(H,15,16,17). The number of aryl methyl sites for hydroxylation is 1. The van der Waals surface area contributed by atoms with Gasteiger partial charge in [0.25, 0.3) is 0 Å². The Balaban J connectivity index is 2.02. The number of nitrogens with one attached hydrogen (secondary N) is 1. The van der Waals surface area contributed by atoms with Gasteiger partial charge in [-0.15, -0.1) is 0 Å². The fraction of sp³-hybridized carbons (Fsp3) is 0.385. The Kier molecular flexibility index (Phi) is 3.94. The second-order valence-electron chi connectivity index (χ2n) is 4.23. The number of halogens is 1. The molecule has 1 amide bonds. The van der Waals surface area contributed by atoms with E-state index in [1.165, 1.54) is 0 Å². The lowest BCUT2D eigenvalue weighted by molar-refractivity contribution is -0.120. The highest BCUT2D eigenvalue weighted by Gasteiger charge is 2.18. The molecule has 90 valence electrons. The van der Waals surface area contributed by atoms with E-state index in [0.29, 0.717) is 5.82 Å². The predicted molar refractivity (Wildman–Crippen MR) is 71.8 cm³/mol. The molecule has 0 aromatic carbocycles. The van der Waals surface area contributed by atoms with Crippen molar-refractivity contribution in [1.82, 2.24) is 4.98 Å². The first-order valence-corrected chi connectivity index (χ1v) is 6.55. The summed E-state index contributed by atoms with van der Waals surface area (Å²) in [6, 6.07) is 3.71. The Labute approximate surface area is 109 Å². The van der Waals surface area contributed by atoms with Crippen molar-refractivity contribution in [3.63, 3.8) is 0 Å². The van der Waals surface area contributed by atoms with Crippen LogP contribution in [0.25, 0.3) is 0 Å². The lowest BCUT2D eigenvalue weighted by Crippen LogP contribution is -2.24. The van der Waals surface area contributed by atoms with Crippen molar-refractivity contribution in [3.05, 3.63) is 34.5 Å². The van der Waals surface area contributed by atoms with Gasteiger partial charge in [0, 0.05) is 10.4 Å². The van der Waals surface area contributed by atoms with Crippen LogP contribution in [0.3, 0.4) is 0 Å². The number of hydrogen-bond acceptors (Lipinski definition) is 2. The Bertz CT molecular complexity index is 457. The maximum absolute atomic E-state index is 12.0. The predicted octanol–water partition coefficient (Wildman–Crippen LogP) is 3.45. The number of carbonyl (C=O) groups is 1. The summed E-state index contributed by atoms with van der Waals surface area (Å²) in [6.07, 6.45) is 6.96. The quantitative estimate of drug-likeness (QED) is 0.849. The number of anilines is 1. The zero-order valence-corrected chi connectivity index (χ0v) is 11.3. The van der Waals surface area contributed by atoms with Crippen LogP contribution in [0.2, 0.25) is 0 Å². The van der Waals surface area contributed by atoms with Crippen LogP contribution in [-0.4, -0.2) is 10.9 Å². The van der Waals surface area contributed by atoms with E-state index >= 15 is 0 Å². The highest BCUT2D eigenvalue weighted by Crippen LogP contribution is 2.21. The second kappa shape index (κ2) is 5.45. The summed E-state index contributed by atoms with van der Waals surface area (Å²) in [5, 5.41) is 2.87. The molecule has 1 atom stereocenters. The first kappa shape index (κ1) is 12.3. The first-order valence-electron chi connectivity index (χ1n) is 5.76. The van der Waals surface area contributed by atoms with E-state index in [4.69, 9.17) is 0 Å². The maximum Gasteiger partial charge on any atom is 0.228 e. The molecular weight excluding hydrogens is 280 g/mol. The van der Waals surface area contributed by atoms with Crippen molar-refractivity contribution in [2.75, 3.05) is 5.32 Å². The summed E-state index contributed by atoms with van der Waals surface area (Å²) in [5.41, 5.74) is 0.881. The van der Waals surface area contributed by atoms with Crippen molar-refractivity contribution in [2.24, 2.45) is 5.92 Å². The van der Waals surface area contributed by atoms with Crippen LogP contribution >= 0.6 is 15.9 Å². The SMILES string of the molecule is Cc1nc(NC(=O)C2CC=CCC2)ccc1Br. The van der Waals surface area contributed by atoms with Crippen LogP contribution in [0.4, 0.5) is 5.82 Å². The van der Waals surface area contributed by atoms with Crippen LogP contribution in [0.15, 0.2) is 28.8 Å². The molecule has 1 unspecified atom stereocenters. The van der Waals surface area contributed by atoms with Crippen molar-refractivity contribution in [1.29, 1.82) is 0 Å². The van der Waals surface area contributed by atoms with Gasteiger partial charge in [-0.05, 0) is 54.2 Å². The average Bonchev–Trinajstić information content (AvgIpc) is 2.35. The molecule has 2 rings (SSSR count). The lowest BCUT2D eigenvalue weighted by atomic mass is 9.94. The fourth-order valence-electron chi connectivity index (χ4n) is 1.87. The minimum Gasteiger partial charge on any atom is -0.310 e. The molecular formula is C13H15BrN2O. The number of aromatic nitrogens is 1. The Morgan fingerprint density at radius 3 is 2.94 bits per heavy atom. The van der Waals surface area contributed by atoms with Crippen LogP contribution < -0.4 is 5.32 Å². The largest absolute Gasteiger partial charge is 0.310 e. The summed E-state index contributed by atoms with van der Waals surface area (Å²) >= 11 is 3.39. The van der Waals surface area contributed by atoms with Crippen LogP contribution in [0.1, 0.15) is 25.0 Å². The van der Waals surface area contributed by atoms with Crippen molar-refractivity contribution < 1.29 is 4.79 Å². The molecule has 1 aromatic rings. The summed E-state index contributed by atoms with van der Waals surface area (Å²) < 4.78 is 0.955. The number of carbonyl (C=O) groups excluding carboxylic acids is 1. The van der Waals surface area contributed by atoms with E-state index in [1.807, 2.05) is 19.1 Å². The molecule has 0 saturated heterocycles. The topological polar surface area (TPSA) is 42.0 Å². The Hall–Kier alpha value is -1.16. The highest BCUT2D eigenvalue weighted by molar-refractivity contribution is 9.10. The van der Waals surface area contributed by atoms with E-state index in [9.17, 15) is 4.79 Å². The Morgan fingerprint density at radius 1 is 1.47 bits per heavy atom. The monoisotopic (exact) mass is 294 g/mol. The van der Waals surface area contributed by atoms with Gasteiger partial charge >= 0.3 is 0 Å². The van der Waals surface area contributed by atoms with Gasteiger partial charge in [0.05, 0.1) is 5.69 Å². The molecule has 0 bridgehead atoms. The zero-order valence-electron chi connectivity index (χ0n) is 9.74. The molecule has 0 radical (unpaired) electrons. The molecule has 1 heterocycles. The number of rotatable bonds is 2. The van der Waals surface area contributed by atoms with Gasteiger partial charge in [-0.3, -0.25) is 4.79 Å². The smallest absolute Gasteiger partial charge is 0.228 e. The third-order valence-electron chi connectivity index (χ3n) is 2.91. The summed E-state index contributed by atoms with van der Waals surface area (Å²) in [5.74, 6) is 0.791. The van der Waals surface area contributed by atoms with Crippen LogP contribution in [-0.2, 0) is 4.79 Å². The zero-order chi connectivity index (χ0) is 12.3. The molecule has 0 saturated carbocycles. The van der Waals surface area contributed by atoms with E-state index in [0.717, 1.165) is 29.4 Å². The number of allylic oxidation sites excluding steroid dienone is 2. The van der Waals surface area contributed by atoms with E-state index in [2.05, 4.69) is 38.4 Å². The van der Waals surface area contributed by atoms with Gasteiger partial charge in [-0.25, -0.2) is 4.98 Å². The summed E-state index contributed by atoms with van der Waals surface area (Å²) in [7, 11) is 0. The molecule has 1 aromatic heterocycles. The number of hydrogen-bond donors (Lipinski definition) is 1. The van der Waals surface area contributed by atoms with Crippen molar-refractivity contribution >= 4 is 27.7 Å². The molecule has 17 heavy (non-hydrogen) atoms. The molecule has 0 fully saturated rings. The average molecular weight is 295 g/mol. The van der Waals surface area contributed by atoms with E-state index in [-0.39, 0.29) is 11.8 Å². The van der Waals surface area contributed by atoms with Gasteiger partial charge in [0.15, 0.2) is 0 Å². The minimum atomic E-state index is 0.0728. The van der Waals surface area contributed by atoms with E-state index < -0.39 is 0 Å². The van der Waals surface area contributed by atoms with Gasteiger partial charge < -0.3 is 5.32 Å². The van der Waals surface area contributed by atoms with Gasteiger partial charge in [-0.1, -0.05) is 12.2 Å². The van der Waals surface area contributed by atoms with Gasteiger partial charge in [0.1, 0.15) is 5.82 Å². The first-order chi connectivity index (χ1) is 8.16. The summed E-state index contributed by atoms with van der Waals surface area (Å²) in [4.78, 5) is 16.3.